The summed E-state index contributed by atoms with van der Waals surface area (Å²) in [6.45, 7) is 17.1. The lowest BCUT2D eigenvalue weighted by molar-refractivity contribution is 0.258. The SMILES string of the molecule is C#CC(CCCC)(CO[Si](c1ccccc1)(c1ccccc1)C(C)(C)C)[Si](C)(C)C. The molecule has 2 aromatic rings. The van der Waals surface area contributed by atoms with Gasteiger partial charge in [-0.3, -0.25) is 0 Å². The summed E-state index contributed by atoms with van der Waals surface area (Å²) in [6, 6.07) is 21.7. The van der Waals surface area contributed by atoms with Gasteiger partial charge in [-0.1, -0.05) is 121 Å². The van der Waals surface area contributed by atoms with E-state index in [-0.39, 0.29) is 10.1 Å². The minimum absolute atomic E-state index is 0.0275. The average molecular weight is 437 g/mol. The fraction of sp³-hybridized carbons (Fsp3) is 0.481. The van der Waals surface area contributed by atoms with E-state index in [1.165, 1.54) is 10.4 Å². The van der Waals surface area contributed by atoms with Gasteiger partial charge in [0.25, 0.3) is 8.32 Å². The Labute approximate surface area is 187 Å². The van der Waals surface area contributed by atoms with Gasteiger partial charge in [0.05, 0.1) is 8.07 Å². The number of hydrogen-bond donors (Lipinski definition) is 0. The van der Waals surface area contributed by atoms with Gasteiger partial charge < -0.3 is 4.43 Å². The predicted molar refractivity (Wildman–Crippen MR) is 138 cm³/mol. The number of hydrogen-bond acceptors (Lipinski definition) is 1. The molecule has 1 nitrogen and oxygen atoms in total. The minimum Gasteiger partial charge on any atom is -0.406 e. The van der Waals surface area contributed by atoms with E-state index >= 15 is 0 Å². The Bertz CT molecular complexity index is 786. The first-order chi connectivity index (χ1) is 14.0. The third kappa shape index (κ3) is 4.82. The Morgan fingerprint density at radius 3 is 1.67 bits per heavy atom. The van der Waals surface area contributed by atoms with Gasteiger partial charge in [-0.25, -0.2) is 0 Å². The highest BCUT2D eigenvalue weighted by Crippen LogP contribution is 2.45. The van der Waals surface area contributed by atoms with Crippen molar-refractivity contribution in [2.24, 2.45) is 0 Å². The van der Waals surface area contributed by atoms with Crippen LogP contribution in [0.1, 0.15) is 47.0 Å². The van der Waals surface area contributed by atoms with Crippen molar-refractivity contribution in [2.45, 2.75) is 76.7 Å². The molecule has 0 heterocycles. The zero-order valence-electron chi connectivity index (χ0n) is 20.1. The van der Waals surface area contributed by atoms with Crippen LogP contribution >= 0.6 is 0 Å². The highest BCUT2D eigenvalue weighted by atomic mass is 28.4. The summed E-state index contributed by atoms with van der Waals surface area (Å²) in [4.78, 5) is 0. The van der Waals surface area contributed by atoms with E-state index < -0.39 is 16.4 Å². The fourth-order valence-electron chi connectivity index (χ4n) is 4.47. The molecule has 0 saturated heterocycles. The van der Waals surface area contributed by atoms with Crippen molar-refractivity contribution >= 4 is 26.8 Å². The number of benzene rings is 2. The van der Waals surface area contributed by atoms with Crippen molar-refractivity contribution < 1.29 is 4.43 Å². The number of terminal acetylenes is 1. The van der Waals surface area contributed by atoms with Crippen molar-refractivity contribution in [3.8, 4) is 12.3 Å². The Hall–Kier alpha value is -1.61. The summed E-state index contributed by atoms with van der Waals surface area (Å²) in [7, 11) is -4.24. The molecule has 162 valence electrons. The van der Waals surface area contributed by atoms with Gasteiger partial charge in [0.1, 0.15) is 0 Å². The zero-order valence-corrected chi connectivity index (χ0v) is 22.1. The molecule has 0 aliphatic rings. The first kappa shape index (κ1) is 24.7. The summed E-state index contributed by atoms with van der Waals surface area (Å²) in [6.07, 6.45) is 9.63. The summed E-state index contributed by atoms with van der Waals surface area (Å²) in [5.74, 6) is 3.28. The monoisotopic (exact) mass is 436 g/mol. The van der Waals surface area contributed by atoms with Crippen LogP contribution in [0.5, 0.6) is 0 Å². The second-order valence-electron chi connectivity index (χ2n) is 10.5. The normalized spacial score (nSPS) is 14.7. The molecule has 2 rings (SSSR count). The molecule has 0 amide bonds. The quantitative estimate of drug-likeness (QED) is 0.323. The topological polar surface area (TPSA) is 9.23 Å². The van der Waals surface area contributed by atoms with Gasteiger partial charge in [0.15, 0.2) is 0 Å². The smallest absolute Gasteiger partial charge is 0.261 e. The van der Waals surface area contributed by atoms with Crippen LogP contribution < -0.4 is 10.4 Å². The molecular weight excluding hydrogens is 396 g/mol. The van der Waals surface area contributed by atoms with Crippen molar-refractivity contribution in [3.05, 3.63) is 60.7 Å². The molecular formula is C27H40OSi2. The molecule has 0 fully saturated rings. The van der Waals surface area contributed by atoms with Gasteiger partial charge in [-0.15, -0.1) is 12.3 Å². The Kier molecular flexibility index (Phi) is 7.96. The summed E-state index contributed by atoms with van der Waals surface area (Å²) in [5, 5.41) is 2.46. The van der Waals surface area contributed by atoms with E-state index in [2.05, 4.69) is 114 Å². The van der Waals surface area contributed by atoms with Crippen LogP contribution in [0.25, 0.3) is 0 Å². The molecule has 0 spiro atoms. The van der Waals surface area contributed by atoms with Crippen LogP contribution in [0.3, 0.4) is 0 Å². The molecule has 0 N–H and O–H groups in total. The van der Waals surface area contributed by atoms with Gasteiger partial charge in [0, 0.05) is 11.6 Å². The van der Waals surface area contributed by atoms with Crippen molar-refractivity contribution in [1.82, 2.24) is 0 Å². The summed E-state index contributed by atoms with van der Waals surface area (Å²) < 4.78 is 7.28. The Balaban J connectivity index is 2.65. The molecule has 0 radical (unpaired) electrons. The third-order valence-electron chi connectivity index (χ3n) is 6.62. The van der Waals surface area contributed by atoms with Crippen molar-refractivity contribution in [2.75, 3.05) is 6.61 Å². The fourth-order valence-corrected chi connectivity index (χ4v) is 11.1. The van der Waals surface area contributed by atoms with E-state index in [1.807, 2.05) is 0 Å². The number of unbranched alkanes of at least 4 members (excludes halogenated alkanes) is 1. The lowest BCUT2D eigenvalue weighted by atomic mass is 10.0. The van der Waals surface area contributed by atoms with Gasteiger partial charge in [-0.05, 0) is 21.8 Å². The molecule has 0 bridgehead atoms. The molecule has 0 aromatic heterocycles. The molecule has 1 unspecified atom stereocenters. The lowest BCUT2D eigenvalue weighted by Gasteiger charge is -2.47. The molecule has 2 aromatic carbocycles. The maximum Gasteiger partial charge on any atom is 0.261 e. The first-order valence-corrected chi connectivity index (χ1v) is 16.7. The van der Waals surface area contributed by atoms with Crippen molar-refractivity contribution in [1.29, 1.82) is 0 Å². The van der Waals surface area contributed by atoms with Gasteiger partial charge in [-0.2, -0.15) is 0 Å². The van der Waals surface area contributed by atoms with Crippen LogP contribution in [-0.4, -0.2) is 23.0 Å². The second-order valence-corrected chi connectivity index (χ2v) is 20.3. The molecule has 1 atom stereocenters. The van der Waals surface area contributed by atoms with Crippen LogP contribution in [0.4, 0.5) is 0 Å². The van der Waals surface area contributed by atoms with E-state index in [0.29, 0.717) is 6.61 Å². The molecule has 30 heavy (non-hydrogen) atoms. The second kappa shape index (κ2) is 9.68. The molecule has 0 aliphatic carbocycles. The van der Waals surface area contributed by atoms with Gasteiger partial charge >= 0.3 is 0 Å². The van der Waals surface area contributed by atoms with E-state index in [1.54, 1.807) is 0 Å². The molecule has 0 aliphatic heterocycles. The maximum atomic E-state index is 7.28. The largest absolute Gasteiger partial charge is 0.406 e. The summed E-state index contributed by atoms with van der Waals surface area (Å²) >= 11 is 0. The number of rotatable bonds is 9. The maximum absolute atomic E-state index is 7.28. The van der Waals surface area contributed by atoms with E-state index in [4.69, 9.17) is 10.8 Å². The van der Waals surface area contributed by atoms with Crippen LogP contribution in [-0.2, 0) is 4.43 Å². The van der Waals surface area contributed by atoms with E-state index in [0.717, 1.165) is 19.3 Å². The first-order valence-electron chi connectivity index (χ1n) is 11.3. The average Bonchev–Trinajstić information content (AvgIpc) is 2.70. The van der Waals surface area contributed by atoms with E-state index in [9.17, 15) is 0 Å². The molecule has 3 heteroatoms. The Morgan fingerprint density at radius 2 is 1.33 bits per heavy atom. The lowest BCUT2D eigenvalue weighted by Crippen LogP contribution is -2.67. The van der Waals surface area contributed by atoms with Crippen LogP contribution in [0, 0.1) is 12.3 Å². The van der Waals surface area contributed by atoms with Crippen molar-refractivity contribution in [3.63, 3.8) is 0 Å². The zero-order chi connectivity index (χ0) is 22.5. The third-order valence-corrected chi connectivity index (χ3v) is 15.0. The van der Waals surface area contributed by atoms with Gasteiger partial charge in [0.2, 0.25) is 0 Å². The van der Waals surface area contributed by atoms with Crippen LogP contribution in [0.15, 0.2) is 60.7 Å². The standard InChI is InChI=1S/C27H40OSi2/c1-9-11-22-27(10-2,29(6,7)8)23-28-30(26(3,4)5,24-18-14-12-15-19-24)25-20-16-13-17-21-25/h2,12-21H,9,11,22-23H2,1,3-8H3. The highest BCUT2D eigenvalue weighted by Gasteiger charge is 2.52. The minimum atomic E-state index is -2.57. The highest BCUT2D eigenvalue weighted by molar-refractivity contribution is 6.99. The Morgan fingerprint density at radius 1 is 0.867 bits per heavy atom. The predicted octanol–water partition coefficient (Wildman–Crippen LogP) is 6.47. The summed E-state index contributed by atoms with van der Waals surface area (Å²) in [5.41, 5.74) is 0. The molecule has 0 saturated carbocycles. The van der Waals surface area contributed by atoms with Crippen LogP contribution in [0.2, 0.25) is 29.7 Å².